The number of carbonyl (C=O) groups is 1. The lowest BCUT2D eigenvalue weighted by molar-refractivity contribution is 0.191. The molecule has 2 amide bonds. The van der Waals surface area contributed by atoms with Gasteiger partial charge in [-0.1, -0.05) is 12.1 Å². The normalized spacial score (nSPS) is 23.1. The number of piperazine rings is 1. The highest BCUT2D eigenvalue weighted by molar-refractivity contribution is 7.91. The van der Waals surface area contributed by atoms with E-state index in [4.69, 9.17) is 0 Å². The van der Waals surface area contributed by atoms with Gasteiger partial charge in [0.25, 0.3) is 0 Å². The largest absolute Gasteiger partial charge is 0.352 e. The lowest BCUT2D eigenvalue weighted by Gasteiger charge is -2.35. The standard InChI is InChI=1S/C16H20N4O3S2/c21-16(17-12-5-10-25(22,23)11-12)20-8-6-19(7-9-20)15-13-3-1-2-4-14(13)24-18-15/h1-4,12H,5-11H2,(H,17,21). The fourth-order valence-electron chi connectivity index (χ4n) is 3.40. The Morgan fingerprint density at radius 3 is 2.68 bits per heavy atom. The average Bonchev–Trinajstić information content (AvgIpc) is 3.18. The van der Waals surface area contributed by atoms with E-state index in [-0.39, 0.29) is 23.6 Å². The first-order chi connectivity index (χ1) is 12.0. The quantitative estimate of drug-likeness (QED) is 0.850. The second-order valence-corrected chi connectivity index (χ2v) is 9.56. The minimum atomic E-state index is -2.98. The van der Waals surface area contributed by atoms with E-state index in [1.165, 1.54) is 16.2 Å². The molecule has 3 heterocycles. The minimum Gasteiger partial charge on any atom is -0.352 e. The summed E-state index contributed by atoms with van der Waals surface area (Å²) in [6, 6.07) is 7.75. The van der Waals surface area contributed by atoms with E-state index in [1.54, 1.807) is 4.90 Å². The number of urea groups is 1. The van der Waals surface area contributed by atoms with Crippen molar-refractivity contribution in [2.75, 3.05) is 42.6 Å². The molecule has 1 aromatic carbocycles. The number of sulfone groups is 1. The van der Waals surface area contributed by atoms with Gasteiger partial charge in [-0.3, -0.25) is 0 Å². The van der Waals surface area contributed by atoms with Crippen LogP contribution in [-0.4, -0.2) is 67.4 Å². The summed E-state index contributed by atoms with van der Waals surface area (Å²) in [7, 11) is -2.98. The Labute approximate surface area is 150 Å². The van der Waals surface area contributed by atoms with Gasteiger partial charge < -0.3 is 15.1 Å². The number of anilines is 1. The van der Waals surface area contributed by atoms with Crippen LogP contribution in [0.1, 0.15) is 6.42 Å². The number of amides is 2. The van der Waals surface area contributed by atoms with Crippen LogP contribution in [0.2, 0.25) is 0 Å². The third-order valence-electron chi connectivity index (χ3n) is 4.78. The predicted molar refractivity (Wildman–Crippen MR) is 99.0 cm³/mol. The number of nitrogens with zero attached hydrogens (tertiary/aromatic N) is 3. The first kappa shape index (κ1) is 16.6. The molecular weight excluding hydrogens is 360 g/mol. The second-order valence-electron chi connectivity index (χ2n) is 6.53. The summed E-state index contributed by atoms with van der Waals surface area (Å²) in [5, 5.41) is 4.01. The number of hydrogen-bond acceptors (Lipinski definition) is 6. The third-order valence-corrected chi connectivity index (χ3v) is 7.37. The Kier molecular flexibility index (Phi) is 4.28. The van der Waals surface area contributed by atoms with Crippen LogP contribution in [0.4, 0.5) is 10.6 Å². The number of aromatic nitrogens is 1. The van der Waals surface area contributed by atoms with E-state index in [0.29, 0.717) is 19.5 Å². The molecule has 0 bridgehead atoms. The molecule has 1 atom stereocenters. The Morgan fingerprint density at radius 1 is 1.20 bits per heavy atom. The van der Waals surface area contributed by atoms with Gasteiger partial charge in [-0.05, 0) is 30.1 Å². The number of hydrogen-bond donors (Lipinski definition) is 1. The first-order valence-corrected chi connectivity index (χ1v) is 11.0. The van der Waals surface area contributed by atoms with Crippen LogP contribution in [0.5, 0.6) is 0 Å². The van der Waals surface area contributed by atoms with Crippen molar-refractivity contribution < 1.29 is 13.2 Å². The highest BCUT2D eigenvalue weighted by Crippen LogP contribution is 2.29. The minimum absolute atomic E-state index is 0.0590. The molecule has 2 aliphatic heterocycles. The van der Waals surface area contributed by atoms with Crippen molar-refractivity contribution >= 4 is 43.3 Å². The zero-order valence-corrected chi connectivity index (χ0v) is 15.4. The maximum absolute atomic E-state index is 12.4. The molecule has 0 spiro atoms. The second kappa shape index (κ2) is 6.45. The van der Waals surface area contributed by atoms with Crippen molar-refractivity contribution in [1.29, 1.82) is 0 Å². The molecular formula is C16H20N4O3S2. The molecule has 2 fully saturated rings. The topological polar surface area (TPSA) is 82.6 Å². The van der Waals surface area contributed by atoms with Crippen LogP contribution in [0.15, 0.2) is 24.3 Å². The van der Waals surface area contributed by atoms with E-state index in [0.717, 1.165) is 24.3 Å². The predicted octanol–water partition coefficient (Wildman–Crippen LogP) is 1.32. The van der Waals surface area contributed by atoms with E-state index < -0.39 is 9.84 Å². The van der Waals surface area contributed by atoms with Gasteiger partial charge in [0.2, 0.25) is 0 Å². The molecule has 4 rings (SSSR count). The van der Waals surface area contributed by atoms with Gasteiger partial charge >= 0.3 is 6.03 Å². The van der Waals surface area contributed by atoms with Crippen molar-refractivity contribution in [3.05, 3.63) is 24.3 Å². The van der Waals surface area contributed by atoms with E-state index in [1.807, 2.05) is 12.1 Å². The summed E-state index contributed by atoms with van der Waals surface area (Å²) in [6.45, 7) is 2.67. The van der Waals surface area contributed by atoms with Crippen LogP contribution >= 0.6 is 11.5 Å². The fourth-order valence-corrected chi connectivity index (χ4v) is 5.87. The molecule has 25 heavy (non-hydrogen) atoms. The number of fused-ring (bicyclic) bond motifs is 1. The van der Waals surface area contributed by atoms with Gasteiger partial charge in [0.1, 0.15) is 5.82 Å². The van der Waals surface area contributed by atoms with Crippen LogP contribution in [-0.2, 0) is 9.84 Å². The number of rotatable bonds is 2. The molecule has 1 unspecified atom stereocenters. The maximum atomic E-state index is 12.4. The van der Waals surface area contributed by atoms with Gasteiger partial charge in [0.15, 0.2) is 9.84 Å². The van der Waals surface area contributed by atoms with Crippen molar-refractivity contribution in [2.45, 2.75) is 12.5 Å². The zero-order chi connectivity index (χ0) is 17.4. The third kappa shape index (κ3) is 3.43. The Hall–Kier alpha value is -1.87. The molecule has 1 aromatic heterocycles. The average molecular weight is 380 g/mol. The Balaban J connectivity index is 1.36. The van der Waals surface area contributed by atoms with Crippen molar-refractivity contribution in [1.82, 2.24) is 14.6 Å². The lowest BCUT2D eigenvalue weighted by atomic mass is 10.2. The molecule has 2 saturated heterocycles. The molecule has 9 heteroatoms. The van der Waals surface area contributed by atoms with E-state index >= 15 is 0 Å². The molecule has 7 nitrogen and oxygen atoms in total. The Bertz CT molecular complexity index is 888. The number of benzene rings is 1. The Morgan fingerprint density at radius 2 is 1.96 bits per heavy atom. The molecule has 0 saturated carbocycles. The summed E-state index contributed by atoms with van der Waals surface area (Å²) < 4.78 is 28.7. The first-order valence-electron chi connectivity index (χ1n) is 8.37. The van der Waals surface area contributed by atoms with Crippen LogP contribution in [0.25, 0.3) is 10.1 Å². The molecule has 2 aliphatic rings. The van der Waals surface area contributed by atoms with E-state index in [2.05, 4.69) is 26.7 Å². The van der Waals surface area contributed by atoms with Gasteiger partial charge in [-0.15, -0.1) is 0 Å². The van der Waals surface area contributed by atoms with Gasteiger partial charge in [-0.25, -0.2) is 13.2 Å². The number of nitrogens with one attached hydrogen (secondary N) is 1. The van der Waals surface area contributed by atoms with Gasteiger partial charge in [0, 0.05) is 37.6 Å². The summed E-state index contributed by atoms with van der Waals surface area (Å²) in [4.78, 5) is 16.3. The summed E-state index contributed by atoms with van der Waals surface area (Å²) >= 11 is 1.49. The van der Waals surface area contributed by atoms with Crippen LogP contribution in [0.3, 0.4) is 0 Å². The van der Waals surface area contributed by atoms with Gasteiger partial charge in [0.05, 0.1) is 16.2 Å². The smallest absolute Gasteiger partial charge is 0.317 e. The zero-order valence-electron chi connectivity index (χ0n) is 13.7. The van der Waals surface area contributed by atoms with Gasteiger partial charge in [-0.2, -0.15) is 4.37 Å². The van der Waals surface area contributed by atoms with Crippen LogP contribution < -0.4 is 10.2 Å². The van der Waals surface area contributed by atoms with Crippen molar-refractivity contribution in [2.24, 2.45) is 0 Å². The van der Waals surface area contributed by atoms with Crippen molar-refractivity contribution in [3.63, 3.8) is 0 Å². The summed E-state index contributed by atoms with van der Waals surface area (Å²) in [5.74, 6) is 1.22. The van der Waals surface area contributed by atoms with Crippen molar-refractivity contribution in [3.8, 4) is 0 Å². The summed E-state index contributed by atoms with van der Waals surface area (Å²) in [5.41, 5.74) is 0. The monoisotopic (exact) mass is 380 g/mol. The fraction of sp³-hybridized carbons (Fsp3) is 0.500. The molecule has 134 valence electrons. The molecule has 1 N–H and O–H groups in total. The van der Waals surface area contributed by atoms with Crippen LogP contribution in [0, 0.1) is 0 Å². The summed E-state index contributed by atoms with van der Waals surface area (Å²) in [6.07, 6.45) is 0.513. The SMILES string of the molecule is O=C(NC1CCS(=O)(=O)C1)N1CCN(c2nsc3ccccc23)CC1. The maximum Gasteiger partial charge on any atom is 0.317 e. The lowest BCUT2D eigenvalue weighted by Crippen LogP contribution is -2.53. The molecule has 0 aliphatic carbocycles. The molecule has 2 aromatic rings. The van der Waals surface area contributed by atoms with E-state index in [9.17, 15) is 13.2 Å². The molecule has 0 radical (unpaired) electrons. The highest BCUT2D eigenvalue weighted by Gasteiger charge is 2.31. The number of carbonyl (C=O) groups excluding carboxylic acids is 1. The highest BCUT2D eigenvalue weighted by atomic mass is 32.2.